The lowest BCUT2D eigenvalue weighted by molar-refractivity contribution is -0.139. The van der Waals surface area contributed by atoms with Gasteiger partial charge in [0.25, 0.3) is 0 Å². The Balaban J connectivity index is 1.96. The molecular formula is C20H17NO3S. The van der Waals surface area contributed by atoms with E-state index in [1.807, 2.05) is 54.6 Å². The highest BCUT2D eigenvalue weighted by Crippen LogP contribution is 2.50. The van der Waals surface area contributed by atoms with Gasteiger partial charge in [-0.15, -0.1) is 11.3 Å². The molecule has 1 aromatic heterocycles. The van der Waals surface area contributed by atoms with Crippen LogP contribution in [0.5, 0.6) is 5.75 Å². The van der Waals surface area contributed by atoms with Crippen LogP contribution in [0.2, 0.25) is 0 Å². The summed E-state index contributed by atoms with van der Waals surface area (Å²) in [5.74, 6) is 0.127. The van der Waals surface area contributed by atoms with Crippen molar-refractivity contribution in [3.05, 3.63) is 76.5 Å². The van der Waals surface area contributed by atoms with Crippen molar-refractivity contribution in [3.63, 3.8) is 0 Å². The van der Waals surface area contributed by atoms with Crippen LogP contribution in [0.4, 0.5) is 0 Å². The fourth-order valence-electron chi connectivity index (χ4n) is 3.17. The van der Waals surface area contributed by atoms with Crippen molar-refractivity contribution in [3.8, 4) is 5.75 Å². The molecule has 126 valence electrons. The SMILES string of the molecule is CCOC(=O)C1=C(N)Oc2c(sc3ccccc23)[C@H]1c1ccccc1. The summed E-state index contributed by atoms with van der Waals surface area (Å²) >= 11 is 1.62. The first-order valence-corrected chi connectivity index (χ1v) is 8.93. The molecule has 25 heavy (non-hydrogen) atoms. The molecule has 0 radical (unpaired) electrons. The van der Waals surface area contributed by atoms with E-state index in [9.17, 15) is 4.79 Å². The molecule has 0 saturated heterocycles. The van der Waals surface area contributed by atoms with Crippen molar-refractivity contribution in [1.82, 2.24) is 0 Å². The standard InChI is InChI=1S/C20H17NO3S/c1-2-23-20(22)16-15(12-8-4-3-5-9-12)18-17(24-19(16)21)13-10-6-7-11-14(13)25-18/h3-11,15H,2,21H2,1H3/t15-/m0/s1. The van der Waals surface area contributed by atoms with Gasteiger partial charge in [0.1, 0.15) is 5.57 Å². The number of thiophene rings is 1. The molecule has 1 aliphatic heterocycles. The molecule has 1 aliphatic rings. The zero-order valence-corrected chi connectivity index (χ0v) is 14.5. The van der Waals surface area contributed by atoms with Crippen LogP contribution in [0.1, 0.15) is 23.3 Å². The van der Waals surface area contributed by atoms with Crippen LogP contribution in [0.25, 0.3) is 10.1 Å². The number of benzene rings is 2. The largest absolute Gasteiger partial charge is 0.462 e. The summed E-state index contributed by atoms with van der Waals surface area (Å²) < 4.78 is 12.2. The van der Waals surface area contributed by atoms with Gasteiger partial charge in [-0.2, -0.15) is 0 Å². The lowest BCUT2D eigenvalue weighted by Crippen LogP contribution is -2.26. The number of fused-ring (bicyclic) bond motifs is 3. The van der Waals surface area contributed by atoms with Crippen LogP contribution in [0.15, 0.2) is 66.1 Å². The quantitative estimate of drug-likeness (QED) is 0.720. The highest BCUT2D eigenvalue weighted by atomic mass is 32.1. The first kappa shape index (κ1) is 15.7. The third kappa shape index (κ3) is 2.57. The smallest absolute Gasteiger partial charge is 0.340 e. The van der Waals surface area contributed by atoms with Gasteiger partial charge in [-0.05, 0) is 24.6 Å². The zero-order chi connectivity index (χ0) is 17.4. The van der Waals surface area contributed by atoms with Crippen molar-refractivity contribution in [2.75, 3.05) is 6.61 Å². The average molecular weight is 351 g/mol. The number of esters is 1. The third-order valence-corrected chi connectivity index (χ3v) is 5.45. The molecule has 3 aromatic rings. The number of hydrogen-bond acceptors (Lipinski definition) is 5. The topological polar surface area (TPSA) is 61.5 Å². The summed E-state index contributed by atoms with van der Waals surface area (Å²) in [7, 11) is 0. The van der Waals surface area contributed by atoms with Gasteiger partial charge >= 0.3 is 5.97 Å². The Labute approximate surface area is 149 Å². The zero-order valence-electron chi connectivity index (χ0n) is 13.7. The number of nitrogens with two attached hydrogens (primary N) is 1. The van der Waals surface area contributed by atoms with Crippen molar-refractivity contribution in [2.45, 2.75) is 12.8 Å². The Bertz CT molecular complexity index is 975. The van der Waals surface area contributed by atoms with Gasteiger partial charge in [0, 0.05) is 10.1 Å². The number of carbonyl (C=O) groups is 1. The second-order valence-corrected chi connectivity index (χ2v) is 6.82. The number of ether oxygens (including phenoxy) is 2. The second kappa shape index (κ2) is 6.26. The highest BCUT2D eigenvalue weighted by molar-refractivity contribution is 7.19. The minimum Gasteiger partial charge on any atom is -0.462 e. The number of carbonyl (C=O) groups excluding carboxylic acids is 1. The summed E-state index contributed by atoms with van der Waals surface area (Å²) in [6, 6.07) is 17.9. The maximum atomic E-state index is 12.6. The molecule has 0 bridgehead atoms. The van der Waals surface area contributed by atoms with E-state index in [-0.39, 0.29) is 18.4 Å². The van der Waals surface area contributed by atoms with Crippen LogP contribution >= 0.6 is 11.3 Å². The predicted molar refractivity (Wildman–Crippen MR) is 98.6 cm³/mol. The van der Waals surface area contributed by atoms with Crippen molar-refractivity contribution < 1.29 is 14.3 Å². The van der Waals surface area contributed by atoms with E-state index in [0.717, 1.165) is 26.3 Å². The first-order valence-electron chi connectivity index (χ1n) is 8.11. The Morgan fingerprint density at radius 1 is 1.16 bits per heavy atom. The Morgan fingerprint density at radius 3 is 2.64 bits per heavy atom. The van der Waals surface area contributed by atoms with E-state index in [1.165, 1.54) is 0 Å². The molecule has 2 heterocycles. The molecule has 0 unspecified atom stereocenters. The van der Waals surface area contributed by atoms with Crippen molar-refractivity contribution >= 4 is 27.4 Å². The van der Waals surface area contributed by atoms with E-state index in [0.29, 0.717) is 5.57 Å². The molecular weight excluding hydrogens is 334 g/mol. The molecule has 2 aromatic carbocycles. The van der Waals surface area contributed by atoms with Crippen LogP contribution in [-0.4, -0.2) is 12.6 Å². The van der Waals surface area contributed by atoms with Gasteiger partial charge in [0.15, 0.2) is 5.75 Å². The number of rotatable bonds is 3. The molecule has 0 saturated carbocycles. The van der Waals surface area contributed by atoms with E-state index in [2.05, 4.69) is 0 Å². The summed E-state index contributed by atoms with van der Waals surface area (Å²) in [5.41, 5.74) is 7.52. The minimum atomic E-state index is -0.433. The van der Waals surface area contributed by atoms with E-state index < -0.39 is 5.97 Å². The first-order chi connectivity index (χ1) is 12.2. The van der Waals surface area contributed by atoms with Crippen LogP contribution in [-0.2, 0) is 9.53 Å². The van der Waals surface area contributed by atoms with Gasteiger partial charge in [-0.1, -0.05) is 42.5 Å². The normalized spacial score (nSPS) is 16.4. The molecule has 2 N–H and O–H groups in total. The maximum Gasteiger partial charge on any atom is 0.340 e. The lowest BCUT2D eigenvalue weighted by Gasteiger charge is -2.26. The fourth-order valence-corrected chi connectivity index (χ4v) is 4.44. The van der Waals surface area contributed by atoms with Gasteiger partial charge in [-0.25, -0.2) is 4.79 Å². The predicted octanol–water partition coefficient (Wildman–Crippen LogP) is 4.16. The highest BCUT2D eigenvalue weighted by Gasteiger charge is 2.37. The average Bonchev–Trinajstić information content (AvgIpc) is 2.99. The van der Waals surface area contributed by atoms with E-state index in [4.69, 9.17) is 15.2 Å². The molecule has 1 atom stereocenters. The van der Waals surface area contributed by atoms with Gasteiger partial charge < -0.3 is 15.2 Å². The summed E-state index contributed by atoms with van der Waals surface area (Å²) in [6.45, 7) is 2.07. The Kier molecular flexibility index (Phi) is 3.93. The molecule has 0 amide bonds. The second-order valence-electron chi connectivity index (χ2n) is 5.74. The van der Waals surface area contributed by atoms with Crippen LogP contribution in [0, 0.1) is 0 Å². The Hall–Kier alpha value is -2.79. The van der Waals surface area contributed by atoms with Crippen molar-refractivity contribution in [1.29, 1.82) is 0 Å². The molecule has 4 nitrogen and oxygen atoms in total. The van der Waals surface area contributed by atoms with Gasteiger partial charge in [0.05, 0.1) is 17.4 Å². The molecule has 5 heteroatoms. The fraction of sp³-hybridized carbons (Fsp3) is 0.150. The van der Waals surface area contributed by atoms with Crippen molar-refractivity contribution in [2.24, 2.45) is 5.73 Å². The van der Waals surface area contributed by atoms with Crippen LogP contribution < -0.4 is 10.5 Å². The van der Waals surface area contributed by atoms with Crippen LogP contribution in [0.3, 0.4) is 0 Å². The molecule has 4 rings (SSSR count). The number of hydrogen-bond donors (Lipinski definition) is 1. The summed E-state index contributed by atoms with van der Waals surface area (Å²) in [6.07, 6.45) is 0. The van der Waals surface area contributed by atoms with Gasteiger partial charge in [-0.3, -0.25) is 0 Å². The maximum absolute atomic E-state index is 12.6. The Morgan fingerprint density at radius 2 is 1.88 bits per heavy atom. The van der Waals surface area contributed by atoms with Gasteiger partial charge in [0.2, 0.25) is 5.88 Å². The van der Waals surface area contributed by atoms with E-state index >= 15 is 0 Å². The molecule has 0 fully saturated rings. The summed E-state index contributed by atoms with van der Waals surface area (Å²) in [5, 5.41) is 1.01. The molecule has 0 spiro atoms. The third-order valence-electron chi connectivity index (χ3n) is 4.23. The summed E-state index contributed by atoms with van der Waals surface area (Å²) in [4.78, 5) is 13.6. The monoisotopic (exact) mass is 351 g/mol. The molecule has 0 aliphatic carbocycles. The lowest BCUT2D eigenvalue weighted by atomic mass is 9.87. The van der Waals surface area contributed by atoms with E-state index in [1.54, 1.807) is 18.3 Å². The minimum absolute atomic E-state index is 0.114.